The molecule has 4 rings (SSSR count). The Morgan fingerprint density at radius 3 is 2.17 bits per heavy atom. The first kappa shape index (κ1) is 30.7. The molecule has 2 fully saturated rings. The first-order chi connectivity index (χ1) is 18.8. The fraction of sp³-hybridized carbons (Fsp3) is 0.618. The number of aliphatic hydroxyl groups is 1. The summed E-state index contributed by atoms with van der Waals surface area (Å²) in [5.74, 6) is -0.831. The summed E-state index contributed by atoms with van der Waals surface area (Å²) >= 11 is 0. The van der Waals surface area contributed by atoms with Crippen molar-refractivity contribution in [2.75, 3.05) is 26.2 Å². The molecule has 0 aromatic heterocycles. The quantitative estimate of drug-likeness (QED) is 0.375. The molecule has 5 nitrogen and oxygen atoms in total. The zero-order valence-electron chi connectivity index (χ0n) is 25.1. The number of likely N-dealkylation sites (tertiary alicyclic amines) is 1. The van der Waals surface area contributed by atoms with Crippen molar-refractivity contribution in [3.63, 3.8) is 0 Å². The fourth-order valence-electron chi connectivity index (χ4n) is 6.64. The third kappa shape index (κ3) is 7.13. The van der Waals surface area contributed by atoms with Crippen LogP contribution >= 0.6 is 0 Å². The molecule has 0 spiro atoms. The van der Waals surface area contributed by atoms with Gasteiger partial charge in [-0.05, 0) is 89.9 Å². The van der Waals surface area contributed by atoms with Gasteiger partial charge in [-0.15, -0.1) is 0 Å². The maximum atomic E-state index is 13.9. The molecular formula is C34H48FNO4. The molecule has 40 heavy (non-hydrogen) atoms. The van der Waals surface area contributed by atoms with Gasteiger partial charge >= 0.3 is 5.97 Å². The van der Waals surface area contributed by atoms with Crippen LogP contribution in [0.2, 0.25) is 0 Å². The number of rotatable bonds is 8. The molecule has 0 radical (unpaired) electrons. The highest BCUT2D eigenvalue weighted by Crippen LogP contribution is 2.45. The number of carboxylic acid groups (broad SMARTS) is 1. The van der Waals surface area contributed by atoms with Crippen LogP contribution in [-0.2, 0) is 20.4 Å². The Morgan fingerprint density at radius 2 is 1.62 bits per heavy atom. The zero-order chi connectivity index (χ0) is 29.2. The normalized spacial score (nSPS) is 23.9. The van der Waals surface area contributed by atoms with Crippen molar-refractivity contribution < 1.29 is 24.1 Å². The minimum atomic E-state index is -0.696. The molecule has 1 saturated heterocycles. The van der Waals surface area contributed by atoms with E-state index < -0.39 is 12.1 Å². The predicted molar refractivity (Wildman–Crippen MR) is 157 cm³/mol. The highest BCUT2D eigenvalue weighted by atomic mass is 19.1. The number of halogens is 1. The van der Waals surface area contributed by atoms with Gasteiger partial charge in [-0.2, -0.15) is 0 Å². The Kier molecular flexibility index (Phi) is 9.43. The van der Waals surface area contributed by atoms with E-state index in [2.05, 4.69) is 64.6 Å². The number of hydrogen-bond acceptors (Lipinski definition) is 4. The molecule has 1 aliphatic heterocycles. The Morgan fingerprint density at radius 1 is 0.975 bits per heavy atom. The zero-order valence-corrected chi connectivity index (χ0v) is 25.1. The summed E-state index contributed by atoms with van der Waals surface area (Å²) in [4.78, 5) is 13.8. The van der Waals surface area contributed by atoms with Crippen LogP contribution < -0.4 is 0 Å². The van der Waals surface area contributed by atoms with Crippen molar-refractivity contribution in [3.8, 4) is 0 Å². The fourth-order valence-corrected chi connectivity index (χ4v) is 6.64. The minimum Gasteiger partial charge on any atom is -0.481 e. The largest absolute Gasteiger partial charge is 0.481 e. The Bertz CT molecular complexity index is 1140. The topological polar surface area (TPSA) is 70.0 Å². The van der Waals surface area contributed by atoms with Crippen LogP contribution in [0.1, 0.15) is 102 Å². The van der Waals surface area contributed by atoms with E-state index >= 15 is 0 Å². The van der Waals surface area contributed by atoms with E-state index in [0.29, 0.717) is 18.8 Å². The van der Waals surface area contributed by atoms with Gasteiger partial charge in [0.1, 0.15) is 11.9 Å². The number of aliphatic carboxylic acids is 1. The molecule has 2 aromatic carbocycles. The lowest BCUT2D eigenvalue weighted by molar-refractivity contribution is -0.143. The number of ether oxygens (including phenoxy) is 1. The second-order valence-corrected chi connectivity index (χ2v) is 14.0. The SMILES string of the molecule is CC(C)(C)c1ccc(C(CO)OC2CCC(CN3CCC(C(=O)O)CC3)C2c2ccc(F)cc2)c(C(C)(C)C)c1. The Hall–Kier alpha value is -2.28. The van der Waals surface area contributed by atoms with Crippen molar-refractivity contribution >= 4 is 5.97 Å². The van der Waals surface area contributed by atoms with E-state index in [1.807, 2.05) is 12.1 Å². The highest BCUT2D eigenvalue weighted by molar-refractivity contribution is 5.70. The molecule has 4 unspecified atom stereocenters. The number of aliphatic hydroxyl groups excluding tert-OH is 1. The van der Waals surface area contributed by atoms with Crippen molar-refractivity contribution in [2.45, 2.75) is 96.2 Å². The van der Waals surface area contributed by atoms with Crippen LogP contribution in [0.3, 0.4) is 0 Å². The van der Waals surface area contributed by atoms with Crippen LogP contribution in [0.25, 0.3) is 0 Å². The molecule has 1 heterocycles. The maximum Gasteiger partial charge on any atom is 0.306 e. The average Bonchev–Trinajstić information content (AvgIpc) is 3.28. The number of benzene rings is 2. The first-order valence-electron chi connectivity index (χ1n) is 14.9. The van der Waals surface area contributed by atoms with Crippen LogP contribution in [-0.4, -0.2) is 53.4 Å². The second-order valence-electron chi connectivity index (χ2n) is 14.0. The van der Waals surface area contributed by atoms with Gasteiger partial charge in [-0.3, -0.25) is 4.79 Å². The van der Waals surface area contributed by atoms with E-state index in [1.54, 1.807) is 0 Å². The van der Waals surface area contributed by atoms with E-state index in [4.69, 9.17) is 4.74 Å². The van der Waals surface area contributed by atoms with Gasteiger partial charge in [0.25, 0.3) is 0 Å². The lowest BCUT2D eigenvalue weighted by Crippen LogP contribution is -2.40. The van der Waals surface area contributed by atoms with E-state index in [9.17, 15) is 19.4 Å². The molecule has 0 amide bonds. The van der Waals surface area contributed by atoms with Gasteiger partial charge in [0.2, 0.25) is 0 Å². The number of hydrogen-bond donors (Lipinski definition) is 2. The van der Waals surface area contributed by atoms with Crippen molar-refractivity contribution in [1.29, 1.82) is 0 Å². The average molecular weight is 554 g/mol. The predicted octanol–water partition coefficient (Wildman–Crippen LogP) is 6.83. The molecule has 1 saturated carbocycles. The summed E-state index contributed by atoms with van der Waals surface area (Å²) in [6.07, 6.45) is 2.62. The van der Waals surface area contributed by atoms with Gasteiger partial charge in [-0.25, -0.2) is 4.39 Å². The van der Waals surface area contributed by atoms with Crippen LogP contribution in [0.5, 0.6) is 0 Å². The van der Waals surface area contributed by atoms with Gasteiger partial charge < -0.3 is 19.8 Å². The van der Waals surface area contributed by atoms with E-state index in [1.165, 1.54) is 23.3 Å². The monoisotopic (exact) mass is 553 g/mol. The maximum absolute atomic E-state index is 13.9. The number of nitrogens with zero attached hydrogens (tertiary/aromatic N) is 1. The van der Waals surface area contributed by atoms with Crippen molar-refractivity contribution in [3.05, 3.63) is 70.5 Å². The van der Waals surface area contributed by atoms with E-state index in [0.717, 1.165) is 43.6 Å². The van der Waals surface area contributed by atoms with Gasteiger partial charge in [-0.1, -0.05) is 71.9 Å². The van der Waals surface area contributed by atoms with Crippen LogP contribution in [0.15, 0.2) is 42.5 Å². The molecule has 0 bridgehead atoms. The Labute approximate surface area is 239 Å². The minimum absolute atomic E-state index is 0.0133. The number of piperidine rings is 1. The van der Waals surface area contributed by atoms with Gasteiger partial charge in [0, 0.05) is 12.5 Å². The molecule has 220 valence electrons. The lowest BCUT2D eigenvalue weighted by atomic mass is 9.77. The standard InChI is InChI=1S/C34H48FNO4/c1-33(2,3)25-10-13-27(28(19-25)34(4,5)6)30(21-37)40-29-14-9-24(31(29)22-7-11-26(35)12-8-22)20-36-17-15-23(16-18-36)32(38)39/h7-8,10-13,19,23-24,29-31,37H,9,14-18,20-21H2,1-6H3,(H,38,39). The van der Waals surface area contributed by atoms with Crippen molar-refractivity contribution in [2.24, 2.45) is 11.8 Å². The van der Waals surface area contributed by atoms with Crippen molar-refractivity contribution in [1.82, 2.24) is 4.90 Å². The van der Waals surface area contributed by atoms with Crippen LogP contribution in [0, 0.1) is 17.7 Å². The lowest BCUT2D eigenvalue weighted by Gasteiger charge is -2.35. The summed E-state index contributed by atoms with van der Waals surface area (Å²) in [6.45, 7) is 15.6. The second kappa shape index (κ2) is 12.3. The summed E-state index contributed by atoms with van der Waals surface area (Å²) in [5.41, 5.74) is 4.43. The van der Waals surface area contributed by atoms with Gasteiger partial charge in [0.15, 0.2) is 0 Å². The number of carbonyl (C=O) groups is 1. The summed E-state index contributed by atoms with van der Waals surface area (Å²) in [6, 6.07) is 13.4. The van der Waals surface area contributed by atoms with Crippen LogP contribution in [0.4, 0.5) is 4.39 Å². The third-order valence-corrected chi connectivity index (χ3v) is 8.99. The highest BCUT2D eigenvalue weighted by Gasteiger charge is 2.41. The molecule has 2 aromatic rings. The molecular weight excluding hydrogens is 505 g/mol. The molecule has 6 heteroatoms. The summed E-state index contributed by atoms with van der Waals surface area (Å²) in [7, 11) is 0. The summed E-state index contributed by atoms with van der Waals surface area (Å²) < 4.78 is 20.7. The first-order valence-corrected chi connectivity index (χ1v) is 14.9. The number of carboxylic acids is 1. The van der Waals surface area contributed by atoms with Gasteiger partial charge in [0.05, 0.1) is 18.6 Å². The summed E-state index contributed by atoms with van der Waals surface area (Å²) in [5, 5.41) is 20.0. The molecule has 4 atom stereocenters. The smallest absolute Gasteiger partial charge is 0.306 e. The molecule has 2 aliphatic rings. The third-order valence-electron chi connectivity index (χ3n) is 8.99. The molecule has 2 N–H and O–H groups in total. The van der Waals surface area contributed by atoms with E-state index in [-0.39, 0.29) is 41.2 Å². The molecule has 1 aliphatic carbocycles. The Balaban J connectivity index is 1.60.